The van der Waals surface area contributed by atoms with Crippen LogP contribution in [0.5, 0.6) is 0 Å². The lowest BCUT2D eigenvalue weighted by atomic mass is 9.89. The van der Waals surface area contributed by atoms with E-state index in [1.165, 1.54) is 5.56 Å². The molecular weight excluding hydrogens is 272 g/mol. The van der Waals surface area contributed by atoms with Crippen molar-refractivity contribution < 1.29 is 4.79 Å². The number of hydrogen-bond donors (Lipinski definition) is 0. The lowest BCUT2D eigenvalue weighted by Gasteiger charge is -2.33. The Hall–Kier alpha value is -1.61. The number of hydrogen-bond acceptors (Lipinski definition) is 2. The molecule has 1 aromatic rings. The second-order valence-electron chi connectivity index (χ2n) is 6.41. The second-order valence-corrected chi connectivity index (χ2v) is 6.41. The van der Waals surface area contributed by atoms with Crippen LogP contribution in [0.3, 0.4) is 0 Å². The molecule has 2 aliphatic heterocycles. The zero-order valence-corrected chi connectivity index (χ0v) is 13.4. The van der Waals surface area contributed by atoms with Crippen molar-refractivity contribution in [1.29, 1.82) is 0 Å². The smallest absolute Gasteiger partial charge is 0.237 e. The largest absolute Gasteiger partial charge is 0.331 e. The highest BCUT2D eigenvalue weighted by Gasteiger charge is 2.27. The summed E-state index contributed by atoms with van der Waals surface area (Å²) in [6, 6.07) is 11.1. The van der Waals surface area contributed by atoms with Gasteiger partial charge >= 0.3 is 0 Å². The van der Waals surface area contributed by atoms with Gasteiger partial charge in [0.25, 0.3) is 0 Å². The summed E-state index contributed by atoms with van der Waals surface area (Å²) in [6.45, 7) is 5.58. The van der Waals surface area contributed by atoms with Gasteiger partial charge in [-0.15, -0.1) is 0 Å². The molecule has 0 radical (unpaired) electrons. The van der Waals surface area contributed by atoms with E-state index in [0.717, 1.165) is 38.9 Å². The van der Waals surface area contributed by atoms with Crippen LogP contribution < -0.4 is 0 Å². The van der Waals surface area contributed by atoms with Gasteiger partial charge in [0.1, 0.15) is 0 Å². The minimum absolute atomic E-state index is 0.287. The normalized spacial score (nSPS) is 23.1. The summed E-state index contributed by atoms with van der Waals surface area (Å²) in [6.07, 6.45) is 7.62. The number of carbonyl (C=O) groups is 1. The van der Waals surface area contributed by atoms with Crippen LogP contribution in [0.15, 0.2) is 42.5 Å². The zero-order chi connectivity index (χ0) is 15.4. The van der Waals surface area contributed by atoms with Crippen LogP contribution in [0, 0.1) is 0 Å². The summed E-state index contributed by atoms with van der Waals surface area (Å²) in [4.78, 5) is 16.8. The van der Waals surface area contributed by atoms with Crippen molar-refractivity contribution in [2.75, 3.05) is 26.2 Å². The molecule has 1 aromatic carbocycles. The minimum Gasteiger partial charge on any atom is -0.331 e. The van der Waals surface area contributed by atoms with Crippen molar-refractivity contribution in [3.05, 3.63) is 48.0 Å². The Labute approximate surface area is 133 Å². The van der Waals surface area contributed by atoms with Crippen LogP contribution in [0.25, 0.3) is 0 Å². The van der Waals surface area contributed by atoms with Gasteiger partial charge in [0.15, 0.2) is 0 Å². The van der Waals surface area contributed by atoms with Crippen LogP contribution >= 0.6 is 0 Å². The van der Waals surface area contributed by atoms with E-state index in [2.05, 4.69) is 54.3 Å². The number of carbonyl (C=O) groups excluding carboxylic acids is 1. The van der Waals surface area contributed by atoms with Crippen LogP contribution in [0.2, 0.25) is 0 Å². The minimum atomic E-state index is 0.287. The molecule has 0 aliphatic carbocycles. The topological polar surface area (TPSA) is 23.6 Å². The number of piperidine rings is 1. The zero-order valence-electron chi connectivity index (χ0n) is 13.4. The second kappa shape index (κ2) is 7.10. The van der Waals surface area contributed by atoms with Gasteiger partial charge in [-0.25, -0.2) is 0 Å². The van der Waals surface area contributed by atoms with E-state index in [4.69, 9.17) is 0 Å². The van der Waals surface area contributed by atoms with E-state index in [-0.39, 0.29) is 5.91 Å². The molecule has 3 nitrogen and oxygen atoms in total. The summed E-state index contributed by atoms with van der Waals surface area (Å²) in [5, 5.41) is 0. The van der Waals surface area contributed by atoms with Gasteiger partial charge in [-0.05, 0) is 43.8 Å². The molecule has 1 fully saturated rings. The first kappa shape index (κ1) is 15.3. The molecule has 0 aromatic heterocycles. The van der Waals surface area contributed by atoms with Crippen LogP contribution in [-0.4, -0.2) is 47.9 Å². The van der Waals surface area contributed by atoms with Gasteiger partial charge < -0.3 is 4.90 Å². The third-order valence-corrected chi connectivity index (χ3v) is 5.02. The lowest BCUT2D eigenvalue weighted by Crippen LogP contribution is -2.45. The highest BCUT2D eigenvalue weighted by Crippen LogP contribution is 2.27. The summed E-state index contributed by atoms with van der Waals surface area (Å²) in [7, 11) is 0. The Bertz CT molecular complexity index is 517. The molecule has 3 rings (SSSR count). The first-order valence-corrected chi connectivity index (χ1v) is 8.51. The third kappa shape index (κ3) is 3.41. The third-order valence-electron chi connectivity index (χ3n) is 5.02. The van der Waals surface area contributed by atoms with Gasteiger partial charge in [0.2, 0.25) is 5.91 Å². The molecule has 2 aliphatic rings. The fourth-order valence-electron chi connectivity index (χ4n) is 3.65. The SMILES string of the molecule is CCC1C=CCN1C(=O)CN1CCC(c2ccccc2)CC1. The van der Waals surface area contributed by atoms with E-state index < -0.39 is 0 Å². The molecule has 1 atom stereocenters. The Kier molecular flexibility index (Phi) is 4.94. The van der Waals surface area contributed by atoms with Crippen LogP contribution in [-0.2, 0) is 4.79 Å². The van der Waals surface area contributed by atoms with Crippen molar-refractivity contribution in [3.63, 3.8) is 0 Å². The highest BCUT2D eigenvalue weighted by molar-refractivity contribution is 5.79. The lowest BCUT2D eigenvalue weighted by molar-refractivity contribution is -0.133. The molecular formula is C19H26N2O. The molecule has 1 amide bonds. The number of likely N-dealkylation sites (tertiary alicyclic amines) is 1. The summed E-state index contributed by atoms with van der Waals surface area (Å²) < 4.78 is 0. The summed E-state index contributed by atoms with van der Waals surface area (Å²) in [5.74, 6) is 0.944. The Morgan fingerprint density at radius 2 is 1.91 bits per heavy atom. The van der Waals surface area contributed by atoms with Crippen molar-refractivity contribution in [3.8, 4) is 0 Å². The van der Waals surface area contributed by atoms with Gasteiger partial charge in [-0.2, -0.15) is 0 Å². The van der Waals surface area contributed by atoms with E-state index in [1.807, 2.05) is 4.90 Å². The molecule has 1 unspecified atom stereocenters. The van der Waals surface area contributed by atoms with Crippen molar-refractivity contribution in [1.82, 2.24) is 9.80 Å². The Morgan fingerprint density at radius 3 is 2.59 bits per heavy atom. The summed E-state index contributed by atoms with van der Waals surface area (Å²) in [5.41, 5.74) is 1.45. The van der Waals surface area contributed by atoms with E-state index in [1.54, 1.807) is 0 Å². The molecule has 118 valence electrons. The molecule has 3 heteroatoms. The quantitative estimate of drug-likeness (QED) is 0.798. The molecule has 2 heterocycles. The molecule has 0 N–H and O–H groups in total. The number of nitrogens with zero attached hydrogens (tertiary/aromatic N) is 2. The average molecular weight is 298 g/mol. The molecule has 22 heavy (non-hydrogen) atoms. The standard InChI is InChI=1S/C19H26N2O/c1-2-18-9-6-12-21(18)19(22)15-20-13-10-17(11-14-20)16-7-4-3-5-8-16/h3-9,17-18H,2,10-15H2,1H3. The van der Waals surface area contributed by atoms with E-state index >= 15 is 0 Å². The maximum atomic E-state index is 12.5. The predicted octanol–water partition coefficient (Wildman–Crippen LogP) is 3.04. The maximum Gasteiger partial charge on any atom is 0.237 e. The first-order valence-electron chi connectivity index (χ1n) is 8.51. The van der Waals surface area contributed by atoms with Gasteiger partial charge in [-0.3, -0.25) is 9.69 Å². The van der Waals surface area contributed by atoms with Gasteiger partial charge in [-0.1, -0.05) is 49.4 Å². The first-order chi connectivity index (χ1) is 10.8. The molecule has 1 saturated heterocycles. The van der Waals surface area contributed by atoms with Crippen molar-refractivity contribution in [2.24, 2.45) is 0 Å². The monoisotopic (exact) mass is 298 g/mol. The molecule has 0 spiro atoms. The maximum absolute atomic E-state index is 12.5. The van der Waals surface area contributed by atoms with Gasteiger partial charge in [0, 0.05) is 6.54 Å². The average Bonchev–Trinajstić information content (AvgIpc) is 3.05. The number of amides is 1. The van der Waals surface area contributed by atoms with E-state index in [9.17, 15) is 4.79 Å². The molecule has 0 saturated carbocycles. The van der Waals surface area contributed by atoms with E-state index in [0.29, 0.717) is 18.5 Å². The predicted molar refractivity (Wildman–Crippen MR) is 89.8 cm³/mol. The van der Waals surface area contributed by atoms with Crippen molar-refractivity contribution in [2.45, 2.75) is 38.1 Å². The highest BCUT2D eigenvalue weighted by atomic mass is 16.2. The van der Waals surface area contributed by atoms with Gasteiger partial charge in [0.05, 0.1) is 12.6 Å². The Balaban J connectivity index is 1.49. The summed E-state index contributed by atoms with van der Waals surface area (Å²) >= 11 is 0. The fourth-order valence-corrected chi connectivity index (χ4v) is 3.65. The van der Waals surface area contributed by atoms with Crippen LogP contribution in [0.1, 0.15) is 37.7 Å². The fraction of sp³-hybridized carbons (Fsp3) is 0.526. The number of rotatable bonds is 4. The van der Waals surface area contributed by atoms with Crippen molar-refractivity contribution >= 4 is 5.91 Å². The molecule has 0 bridgehead atoms. The Morgan fingerprint density at radius 1 is 1.18 bits per heavy atom. The number of benzene rings is 1. The van der Waals surface area contributed by atoms with Crippen LogP contribution in [0.4, 0.5) is 0 Å².